The fourth-order valence-electron chi connectivity index (χ4n) is 4.13. The third-order valence-corrected chi connectivity index (χ3v) is 5.96. The first-order chi connectivity index (χ1) is 15.5. The molecule has 2 aliphatic rings. The molecule has 168 valence electrons. The van der Waals surface area contributed by atoms with Gasteiger partial charge in [0.1, 0.15) is 22.9 Å². The van der Waals surface area contributed by atoms with Crippen molar-refractivity contribution in [2.24, 2.45) is 0 Å². The van der Waals surface area contributed by atoms with E-state index in [1.807, 2.05) is 0 Å². The van der Waals surface area contributed by atoms with Crippen LogP contribution >= 0.6 is 0 Å². The summed E-state index contributed by atoms with van der Waals surface area (Å²) < 4.78 is 8.39. The first-order valence-electron chi connectivity index (χ1n) is 10.6. The van der Waals surface area contributed by atoms with Crippen LogP contribution in [0.1, 0.15) is 35.7 Å². The molecule has 4 N–H and O–H groups in total. The number of carbonyl (C=O) groups is 1. The molecule has 2 fully saturated rings. The van der Waals surface area contributed by atoms with Crippen LogP contribution in [0.25, 0.3) is 5.65 Å². The van der Waals surface area contributed by atoms with Gasteiger partial charge in [-0.3, -0.25) is 9.59 Å². The second-order valence-electron chi connectivity index (χ2n) is 8.16. The van der Waals surface area contributed by atoms with E-state index in [1.165, 1.54) is 6.20 Å². The zero-order valence-electron chi connectivity index (χ0n) is 17.6. The summed E-state index contributed by atoms with van der Waals surface area (Å²) in [6, 6.07) is 5.17. The summed E-state index contributed by atoms with van der Waals surface area (Å²) in [5.41, 5.74) is 0.895. The lowest BCUT2D eigenvalue weighted by Crippen LogP contribution is -2.37. The maximum atomic E-state index is 12.9. The predicted molar refractivity (Wildman–Crippen MR) is 117 cm³/mol. The van der Waals surface area contributed by atoms with Crippen LogP contribution in [0.5, 0.6) is 0 Å². The number of fused-ring (bicyclic) bond motifs is 1. The SMILES string of the molecule is CNc1cc(Nc2cccn(C3COC3)c2=O)nc2c(C(=O)N[C@@H]3CC[C@@H](O)C3)cnn12. The van der Waals surface area contributed by atoms with Crippen molar-refractivity contribution in [3.05, 3.63) is 46.5 Å². The third-order valence-electron chi connectivity index (χ3n) is 5.96. The molecule has 0 spiro atoms. The molecule has 3 aromatic rings. The minimum Gasteiger partial charge on any atom is -0.393 e. The van der Waals surface area contributed by atoms with Gasteiger partial charge in [0.25, 0.3) is 11.5 Å². The van der Waals surface area contributed by atoms with E-state index in [9.17, 15) is 14.7 Å². The minimum absolute atomic E-state index is 0.0341. The number of nitrogens with zero attached hydrogens (tertiary/aromatic N) is 4. The molecule has 1 aliphatic carbocycles. The average molecular weight is 439 g/mol. The topological polar surface area (TPSA) is 135 Å². The van der Waals surface area contributed by atoms with Crippen LogP contribution in [-0.2, 0) is 4.74 Å². The molecule has 2 atom stereocenters. The minimum atomic E-state index is -0.379. The Morgan fingerprint density at radius 2 is 2.16 bits per heavy atom. The number of ether oxygens (including phenoxy) is 1. The Morgan fingerprint density at radius 1 is 1.31 bits per heavy atom. The summed E-state index contributed by atoms with van der Waals surface area (Å²) >= 11 is 0. The summed E-state index contributed by atoms with van der Waals surface area (Å²) in [4.78, 5) is 30.3. The van der Waals surface area contributed by atoms with Gasteiger partial charge in [0.15, 0.2) is 5.65 Å². The first kappa shape index (κ1) is 20.5. The van der Waals surface area contributed by atoms with Gasteiger partial charge >= 0.3 is 0 Å². The van der Waals surface area contributed by atoms with Crippen LogP contribution in [0.15, 0.2) is 35.4 Å². The Kier molecular flexibility index (Phi) is 5.27. The maximum Gasteiger partial charge on any atom is 0.274 e. The zero-order chi connectivity index (χ0) is 22.2. The lowest BCUT2D eigenvalue weighted by atomic mass is 10.2. The smallest absolute Gasteiger partial charge is 0.274 e. The first-order valence-corrected chi connectivity index (χ1v) is 10.6. The highest BCUT2D eigenvalue weighted by molar-refractivity contribution is 6.00. The van der Waals surface area contributed by atoms with Crippen molar-refractivity contribution in [2.75, 3.05) is 30.9 Å². The number of carbonyl (C=O) groups excluding carboxylic acids is 1. The van der Waals surface area contributed by atoms with E-state index >= 15 is 0 Å². The Labute approximate surface area is 183 Å². The molecule has 5 rings (SSSR count). The Hall–Kier alpha value is -3.44. The van der Waals surface area contributed by atoms with Crippen LogP contribution in [-0.4, -0.2) is 62.6 Å². The number of hydrogen-bond donors (Lipinski definition) is 4. The number of amides is 1. The van der Waals surface area contributed by atoms with Crippen molar-refractivity contribution < 1.29 is 14.6 Å². The van der Waals surface area contributed by atoms with Gasteiger partial charge in [0.05, 0.1) is 31.6 Å². The van der Waals surface area contributed by atoms with E-state index in [1.54, 1.807) is 40.5 Å². The fourth-order valence-corrected chi connectivity index (χ4v) is 4.13. The van der Waals surface area contributed by atoms with Gasteiger partial charge < -0.3 is 30.4 Å². The molecule has 11 nitrogen and oxygen atoms in total. The summed E-state index contributed by atoms with van der Waals surface area (Å²) in [6.07, 6.45) is 4.79. The van der Waals surface area contributed by atoms with Crippen molar-refractivity contribution >= 4 is 28.9 Å². The van der Waals surface area contributed by atoms with E-state index < -0.39 is 0 Å². The Bertz CT molecular complexity index is 1220. The molecule has 3 aromatic heterocycles. The Morgan fingerprint density at radius 3 is 2.84 bits per heavy atom. The van der Waals surface area contributed by atoms with Crippen molar-refractivity contribution in [3.8, 4) is 0 Å². The molecule has 11 heteroatoms. The molecule has 32 heavy (non-hydrogen) atoms. The van der Waals surface area contributed by atoms with Gasteiger partial charge in [0, 0.05) is 25.4 Å². The number of pyridine rings is 1. The molecule has 1 saturated carbocycles. The van der Waals surface area contributed by atoms with Crippen molar-refractivity contribution in [3.63, 3.8) is 0 Å². The number of aliphatic hydroxyl groups excluding tert-OH is 1. The number of nitrogens with one attached hydrogen (secondary N) is 3. The number of aliphatic hydroxyl groups is 1. The number of rotatable bonds is 6. The van der Waals surface area contributed by atoms with Gasteiger partial charge in [-0.15, -0.1) is 0 Å². The van der Waals surface area contributed by atoms with Gasteiger partial charge in [-0.1, -0.05) is 0 Å². The molecule has 1 saturated heterocycles. The Balaban J connectivity index is 1.46. The van der Waals surface area contributed by atoms with E-state index in [4.69, 9.17) is 4.74 Å². The van der Waals surface area contributed by atoms with Gasteiger partial charge in [-0.25, -0.2) is 4.98 Å². The van der Waals surface area contributed by atoms with Crippen LogP contribution in [0, 0.1) is 0 Å². The van der Waals surface area contributed by atoms with E-state index in [-0.39, 0.29) is 29.7 Å². The highest BCUT2D eigenvalue weighted by Crippen LogP contribution is 2.23. The molecular weight excluding hydrogens is 414 g/mol. The van der Waals surface area contributed by atoms with E-state index in [2.05, 4.69) is 26.0 Å². The molecule has 1 amide bonds. The molecular formula is C21H25N7O4. The molecule has 0 bridgehead atoms. The maximum absolute atomic E-state index is 12.9. The highest BCUT2D eigenvalue weighted by atomic mass is 16.5. The van der Waals surface area contributed by atoms with Crippen molar-refractivity contribution in [2.45, 2.75) is 37.5 Å². The third kappa shape index (κ3) is 3.69. The van der Waals surface area contributed by atoms with Crippen LogP contribution in [0.4, 0.5) is 17.3 Å². The zero-order valence-corrected chi connectivity index (χ0v) is 17.6. The summed E-state index contributed by atoms with van der Waals surface area (Å²) in [5, 5.41) is 23.1. The monoisotopic (exact) mass is 439 g/mol. The lowest BCUT2D eigenvalue weighted by molar-refractivity contribution is -0.0247. The molecule has 4 heterocycles. The van der Waals surface area contributed by atoms with Crippen LogP contribution < -0.4 is 21.5 Å². The summed E-state index contributed by atoms with van der Waals surface area (Å²) in [5.74, 6) is 0.724. The summed E-state index contributed by atoms with van der Waals surface area (Å²) in [6.45, 7) is 1.04. The number of anilines is 3. The normalized spacial score (nSPS) is 20.8. The van der Waals surface area contributed by atoms with E-state index in [0.717, 1.165) is 6.42 Å². The fraction of sp³-hybridized carbons (Fsp3) is 0.429. The lowest BCUT2D eigenvalue weighted by Gasteiger charge is -2.28. The second kappa shape index (κ2) is 8.24. The molecule has 0 aromatic carbocycles. The number of aromatic nitrogens is 4. The van der Waals surface area contributed by atoms with Gasteiger partial charge in [-0.2, -0.15) is 9.61 Å². The highest BCUT2D eigenvalue weighted by Gasteiger charge is 2.26. The summed E-state index contributed by atoms with van der Waals surface area (Å²) in [7, 11) is 1.74. The molecule has 0 unspecified atom stereocenters. The standard InChI is InChI=1S/C21H25N7O4/c1-22-18-8-17(25-16-3-2-6-27(21(16)31)13-10-32-11-13)26-19-15(9-23-28(18)19)20(30)24-12-4-5-14(29)7-12/h2-3,6,8-9,12-14,22,29H,4-5,7,10-11H2,1H3,(H,24,30)(H,25,26)/t12-,14-/m1/s1. The number of hydrogen-bond acceptors (Lipinski definition) is 8. The van der Waals surface area contributed by atoms with E-state index in [0.29, 0.717) is 54.6 Å². The predicted octanol–water partition coefficient (Wildman–Crippen LogP) is 0.891. The van der Waals surface area contributed by atoms with Crippen LogP contribution in [0.2, 0.25) is 0 Å². The van der Waals surface area contributed by atoms with Crippen LogP contribution in [0.3, 0.4) is 0 Å². The molecule has 1 aliphatic heterocycles. The second-order valence-corrected chi connectivity index (χ2v) is 8.16. The van der Waals surface area contributed by atoms with Crippen molar-refractivity contribution in [1.29, 1.82) is 0 Å². The molecule has 0 radical (unpaired) electrons. The average Bonchev–Trinajstić information content (AvgIpc) is 3.35. The van der Waals surface area contributed by atoms with Gasteiger partial charge in [-0.05, 0) is 31.4 Å². The largest absolute Gasteiger partial charge is 0.393 e. The quantitative estimate of drug-likeness (QED) is 0.445. The van der Waals surface area contributed by atoms with Gasteiger partial charge in [0.2, 0.25) is 0 Å². The van der Waals surface area contributed by atoms with Crippen molar-refractivity contribution in [1.82, 2.24) is 24.5 Å².